The molecule has 2 aromatic rings. The van der Waals surface area contributed by atoms with Gasteiger partial charge in [0.15, 0.2) is 0 Å². The van der Waals surface area contributed by atoms with Crippen LogP contribution in [0, 0.1) is 6.92 Å². The zero-order chi connectivity index (χ0) is 12.5. The van der Waals surface area contributed by atoms with E-state index in [0.29, 0.717) is 0 Å². The molecule has 1 aliphatic rings. The molecule has 0 aliphatic carbocycles. The van der Waals surface area contributed by atoms with E-state index in [1.165, 1.54) is 10.9 Å². The van der Waals surface area contributed by atoms with Crippen molar-refractivity contribution in [2.24, 2.45) is 0 Å². The summed E-state index contributed by atoms with van der Waals surface area (Å²) in [7, 11) is 0. The summed E-state index contributed by atoms with van der Waals surface area (Å²) in [6.07, 6.45) is 0. The van der Waals surface area contributed by atoms with E-state index in [0.717, 1.165) is 42.0 Å². The van der Waals surface area contributed by atoms with Crippen molar-refractivity contribution in [3.8, 4) is 0 Å². The number of pyridine rings is 1. The Morgan fingerprint density at radius 3 is 2.83 bits per heavy atom. The van der Waals surface area contributed by atoms with Gasteiger partial charge in [-0.15, -0.1) is 0 Å². The Kier molecular flexibility index (Phi) is 3.22. The van der Waals surface area contributed by atoms with Gasteiger partial charge in [0.05, 0.1) is 5.52 Å². The number of anilines is 1. The normalized spacial score (nSPS) is 16.2. The van der Waals surface area contributed by atoms with Crippen molar-refractivity contribution in [1.82, 2.24) is 10.3 Å². The molecule has 0 bridgehead atoms. The molecule has 0 radical (unpaired) electrons. The fourth-order valence-electron chi connectivity index (χ4n) is 2.46. The van der Waals surface area contributed by atoms with Crippen molar-refractivity contribution >= 4 is 32.7 Å². The van der Waals surface area contributed by atoms with Crippen molar-refractivity contribution in [2.75, 3.05) is 31.1 Å². The summed E-state index contributed by atoms with van der Waals surface area (Å²) in [4.78, 5) is 7.22. The number of piperazine rings is 1. The van der Waals surface area contributed by atoms with E-state index in [1.54, 1.807) is 0 Å². The Labute approximate surface area is 115 Å². The lowest BCUT2D eigenvalue weighted by molar-refractivity contribution is 0.584. The number of benzene rings is 1. The number of nitrogens with zero attached hydrogens (tertiary/aromatic N) is 2. The highest BCUT2D eigenvalue weighted by molar-refractivity contribution is 9.10. The van der Waals surface area contributed by atoms with Crippen molar-refractivity contribution in [1.29, 1.82) is 0 Å². The van der Waals surface area contributed by atoms with E-state index in [4.69, 9.17) is 4.98 Å². The maximum Gasteiger partial charge on any atom is 0.132 e. The second-order valence-corrected chi connectivity index (χ2v) is 5.53. The molecule has 0 spiro atoms. The molecule has 1 aromatic carbocycles. The van der Waals surface area contributed by atoms with Crippen LogP contribution < -0.4 is 10.2 Å². The van der Waals surface area contributed by atoms with Crippen molar-refractivity contribution in [2.45, 2.75) is 6.92 Å². The first-order chi connectivity index (χ1) is 8.75. The first-order valence-corrected chi connectivity index (χ1v) is 7.06. The number of aromatic nitrogens is 1. The second kappa shape index (κ2) is 4.86. The van der Waals surface area contributed by atoms with E-state index >= 15 is 0 Å². The van der Waals surface area contributed by atoms with E-state index < -0.39 is 0 Å². The average Bonchev–Trinajstić information content (AvgIpc) is 2.39. The third-order valence-electron chi connectivity index (χ3n) is 3.38. The molecule has 94 valence electrons. The van der Waals surface area contributed by atoms with Crippen molar-refractivity contribution in [3.63, 3.8) is 0 Å². The number of rotatable bonds is 1. The number of halogens is 1. The molecule has 0 amide bonds. The Hall–Kier alpha value is -1.13. The van der Waals surface area contributed by atoms with Gasteiger partial charge in [0.1, 0.15) is 5.82 Å². The minimum absolute atomic E-state index is 1.03. The molecule has 18 heavy (non-hydrogen) atoms. The molecule has 3 rings (SSSR count). The number of nitrogens with one attached hydrogen (secondary N) is 1. The van der Waals surface area contributed by atoms with Crippen molar-refractivity contribution < 1.29 is 0 Å². The zero-order valence-corrected chi connectivity index (χ0v) is 12.0. The highest BCUT2D eigenvalue weighted by atomic mass is 79.9. The monoisotopic (exact) mass is 305 g/mol. The van der Waals surface area contributed by atoms with Crippen LogP contribution in [0.4, 0.5) is 5.82 Å². The lowest BCUT2D eigenvalue weighted by atomic mass is 10.1. The first-order valence-electron chi connectivity index (χ1n) is 6.27. The van der Waals surface area contributed by atoms with Crippen LogP contribution in [-0.2, 0) is 0 Å². The third-order valence-corrected chi connectivity index (χ3v) is 4.02. The molecule has 0 atom stereocenters. The summed E-state index contributed by atoms with van der Waals surface area (Å²) >= 11 is 3.59. The minimum Gasteiger partial charge on any atom is -0.354 e. The standard InChI is InChI=1S/C14H16BrN3/c1-10-9-11-3-2-4-12(15)13(11)17-14(10)18-7-5-16-6-8-18/h2-4,9,16H,5-8H2,1H3. The molecule has 1 fully saturated rings. The van der Waals surface area contributed by atoms with E-state index in [2.05, 4.69) is 51.3 Å². The summed E-state index contributed by atoms with van der Waals surface area (Å²) in [5, 5.41) is 4.57. The van der Waals surface area contributed by atoms with E-state index in [-0.39, 0.29) is 0 Å². The largest absolute Gasteiger partial charge is 0.354 e. The quantitative estimate of drug-likeness (QED) is 0.878. The molecule has 1 N–H and O–H groups in total. The number of hydrogen-bond donors (Lipinski definition) is 1. The third kappa shape index (κ3) is 2.10. The topological polar surface area (TPSA) is 28.2 Å². The zero-order valence-electron chi connectivity index (χ0n) is 10.4. The van der Waals surface area contributed by atoms with Crippen LogP contribution in [0.25, 0.3) is 10.9 Å². The van der Waals surface area contributed by atoms with Gasteiger partial charge in [0, 0.05) is 36.0 Å². The van der Waals surface area contributed by atoms with Gasteiger partial charge >= 0.3 is 0 Å². The molecule has 1 aliphatic heterocycles. The molecule has 0 unspecified atom stereocenters. The fraction of sp³-hybridized carbons (Fsp3) is 0.357. The summed E-state index contributed by atoms with van der Waals surface area (Å²) in [5.41, 5.74) is 2.30. The number of hydrogen-bond acceptors (Lipinski definition) is 3. The predicted octanol–water partition coefficient (Wildman–Crippen LogP) is 2.72. The van der Waals surface area contributed by atoms with Crippen LogP contribution in [0.3, 0.4) is 0 Å². The Morgan fingerprint density at radius 2 is 2.06 bits per heavy atom. The average molecular weight is 306 g/mol. The molecule has 1 aromatic heterocycles. The molecule has 0 saturated carbocycles. The molecule has 4 heteroatoms. The van der Waals surface area contributed by atoms with Gasteiger partial charge in [-0.1, -0.05) is 12.1 Å². The maximum atomic E-state index is 4.85. The number of aryl methyl sites for hydroxylation is 1. The van der Waals surface area contributed by atoms with E-state index in [9.17, 15) is 0 Å². The van der Waals surface area contributed by atoms with Crippen LogP contribution in [-0.4, -0.2) is 31.2 Å². The van der Waals surface area contributed by atoms with Gasteiger partial charge in [-0.05, 0) is 40.5 Å². The van der Waals surface area contributed by atoms with Crippen LogP contribution in [0.2, 0.25) is 0 Å². The van der Waals surface area contributed by atoms with Crippen molar-refractivity contribution in [3.05, 3.63) is 34.3 Å². The molecule has 2 heterocycles. The van der Waals surface area contributed by atoms with Gasteiger partial charge in [-0.25, -0.2) is 4.98 Å². The summed E-state index contributed by atoms with van der Waals surface area (Å²) in [5.74, 6) is 1.12. The Balaban J connectivity index is 2.11. The predicted molar refractivity (Wildman–Crippen MR) is 79.3 cm³/mol. The number of fused-ring (bicyclic) bond motifs is 1. The SMILES string of the molecule is Cc1cc2cccc(Br)c2nc1N1CCNCC1. The summed E-state index contributed by atoms with van der Waals surface area (Å²) in [6.45, 7) is 6.28. The maximum absolute atomic E-state index is 4.85. The smallest absolute Gasteiger partial charge is 0.132 e. The van der Waals surface area contributed by atoms with E-state index in [1.807, 2.05) is 6.07 Å². The highest BCUT2D eigenvalue weighted by Gasteiger charge is 2.15. The van der Waals surface area contributed by atoms with Gasteiger partial charge in [0.2, 0.25) is 0 Å². The molecular weight excluding hydrogens is 290 g/mol. The van der Waals surface area contributed by atoms with Crippen LogP contribution in [0.5, 0.6) is 0 Å². The second-order valence-electron chi connectivity index (χ2n) is 4.68. The number of para-hydroxylation sites is 1. The van der Waals surface area contributed by atoms with Gasteiger partial charge in [-0.2, -0.15) is 0 Å². The first kappa shape index (κ1) is 11.9. The van der Waals surface area contributed by atoms with Crippen LogP contribution >= 0.6 is 15.9 Å². The Morgan fingerprint density at radius 1 is 1.28 bits per heavy atom. The molecule has 3 nitrogen and oxygen atoms in total. The van der Waals surface area contributed by atoms with Gasteiger partial charge < -0.3 is 10.2 Å². The summed E-state index contributed by atoms with van der Waals surface area (Å²) in [6, 6.07) is 8.44. The fourth-order valence-corrected chi connectivity index (χ4v) is 2.93. The highest BCUT2D eigenvalue weighted by Crippen LogP contribution is 2.27. The van der Waals surface area contributed by atoms with Gasteiger partial charge in [0.25, 0.3) is 0 Å². The summed E-state index contributed by atoms with van der Waals surface area (Å²) < 4.78 is 1.07. The molecular formula is C14H16BrN3. The van der Waals surface area contributed by atoms with Crippen LogP contribution in [0.1, 0.15) is 5.56 Å². The lowest BCUT2D eigenvalue weighted by Gasteiger charge is -2.29. The lowest BCUT2D eigenvalue weighted by Crippen LogP contribution is -2.44. The molecule has 1 saturated heterocycles. The Bertz CT molecular complexity index is 577. The van der Waals surface area contributed by atoms with Crippen LogP contribution in [0.15, 0.2) is 28.7 Å². The van der Waals surface area contributed by atoms with Gasteiger partial charge in [-0.3, -0.25) is 0 Å². The minimum atomic E-state index is 1.03.